The summed E-state index contributed by atoms with van der Waals surface area (Å²) >= 11 is 0. The average Bonchev–Trinajstić information content (AvgIpc) is 3.57. The van der Waals surface area contributed by atoms with Crippen molar-refractivity contribution in [2.24, 2.45) is 0 Å². The molecule has 0 heteroatoms. The molecule has 0 saturated carbocycles. The molecular formula is C54H40. The van der Waals surface area contributed by atoms with Gasteiger partial charge in [0.05, 0.1) is 0 Å². The maximum absolute atomic E-state index is 2.53. The van der Waals surface area contributed by atoms with Gasteiger partial charge in [-0.3, -0.25) is 0 Å². The highest BCUT2D eigenvalue weighted by Crippen LogP contribution is 2.56. The molecule has 2 aliphatic carbocycles. The van der Waals surface area contributed by atoms with Crippen LogP contribution in [0.5, 0.6) is 0 Å². The molecule has 0 unspecified atom stereocenters. The highest BCUT2D eigenvalue weighted by molar-refractivity contribution is 6.21. The van der Waals surface area contributed by atoms with Crippen molar-refractivity contribution >= 4 is 32.3 Å². The predicted octanol–water partition coefficient (Wildman–Crippen LogP) is 14.8. The van der Waals surface area contributed by atoms with Crippen molar-refractivity contribution in [3.05, 3.63) is 192 Å². The van der Waals surface area contributed by atoms with Crippen LogP contribution in [0.25, 0.3) is 88.0 Å². The fourth-order valence-electron chi connectivity index (χ4n) is 10.0. The van der Waals surface area contributed by atoms with Crippen LogP contribution in [0.15, 0.2) is 170 Å². The lowest BCUT2D eigenvalue weighted by Crippen LogP contribution is -2.18. The van der Waals surface area contributed by atoms with Gasteiger partial charge < -0.3 is 0 Å². The fourth-order valence-corrected chi connectivity index (χ4v) is 10.0. The Morgan fingerprint density at radius 1 is 0.278 bits per heavy atom. The van der Waals surface area contributed by atoms with Gasteiger partial charge in [0.15, 0.2) is 0 Å². The van der Waals surface area contributed by atoms with E-state index in [0.29, 0.717) is 0 Å². The third-order valence-electron chi connectivity index (χ3n) is 12.9. The molecule has 0 spiro atoms. The Morgan fingerprint density at radius 3 is 1.41 bits per heavy atom. The lowest BCUT2D eigenvalue weighted by atomic mass is 9.77. The van der Waals surface area contributed by atoms with Gasteiger partial charge >= 0.3 is 0 Å². The first kappa shape index (κ1) is 31.3. The largest absolute Gasteiger partial charge is 0.0619 e. The smallest absolute Gasteiger partial charge is 0.0159 e. The summed E-state index contributed by atoms with van der Waals surface area (Å²) in [6.45, 7) is 9.57. The third kappa shape index (κ3) is 4.32. The van der Waals surface area contributed by atoms with E-state index in [1.54, 1.807) is 0 Å². The second-order valence-electron chi connectivity index (χ2n) is 16.5. The molecule has 0 aromatic heterocycles. The topological polar surface area (TPSA) is 0 Å². The van der Waals surface area contributed by atoms with Crippen LogP contribution < -0.4 is 0 Å². The summed E-state index contributed by atoms with van der Waals surface area (Å²) in [5.74, 6) is 0. The van der Waals surface area contributed by atoms with Crippen LogP contribution in [0.4, 0.5) is 0 Å². The summed E-state index contributed by atoms with van der Waals surface area (Å²) in [6, 6.07) is 63.9. The minimum atomic E-state index is -0.0921. The van der Waals surface area contributed by atoms with E-state index in [0.717, 1.165) is 0 Å². The first-order chi connectivity index (χ1) is 26.3. The molecular weight excluding hydrogens is 649 g/mol. The molecule has 9 aromatic carbocycles. The molecule has 0 fully saturated rings. The summed E-state index contributed by atoms with van der Waals surface area (Å²) in [5.41, 5.74) is 18.7. The molecule has 0 radical (unpaired) electrons. The first-order valence-corrected chi connectivity index (χ1v) is 19.3. The Kier molecular flexibility index (Phi) is 6.46. The van der Waals surface area contributed by atoms with Crippen LogP contribution >= 0.6 is 0 Å². The molecule has 0 nitrogen and oxygen atoms in total. The maximum Gasteiger partial charge on any atom is 0.0159 e. The normalized spacial score (nSPS) is 14.6. The highest BCUT2D eigenvalue weighted by atomic mass is 14.4. The quantitative estimate of drug-likeness (QED) is 0.162. The highest BCUT2D eigenvalue weighted by Gasteiger charge is 2.41. The summed E-state index contributed by atoms with van der Waals surface area (Å²) in [6.07, 6.45) is 0. The van der Waals surface area contributed by atoms with E-state index in [1.807, 2.05) is 0 Å². The van der Waals surface area contributed by atoms with Crippen LogP contribution in [0.2, 0.25) is 0 Å². The lowest BCUT2D eigenvalue weighted by Gasteiger charge is -2.26. The van der Waals surface area contributed by atoms with Gasteiger partial charge in [0.1, 0.15) is 0 Å². The Morgan fingerprint density at radius 2 is 0.741 bits per heavy atom. The molecule has 0 aliphatic heterocycles. The molecule has 11 rings (SSSR count). The van der Waals surface area contributed by atoms with Gasteiger partial charge in [0.2, 0.25) is 0 Å². The van der Waals surface area contributed by atoms with Gasteiger partial charge in [-0.2, -0.15) is 0 Å². The zero-order valence-electron chi connectivity index (χ0n) is 31.2. The molecule has 0 heterocycles. The number of hydrogen-bond donors (Lipinski definition) is 0. The Hall–Kier alpha value is -6.24. The second-order valence-corrected chi connectivity index (χ2v) is 16.5. The van der Waals surface area contributed by atoms with Crippen LogP contribution in [-0.2, 0) is 10.8 Å². The van der Waals surface area contributed by atoms with Crippen molar-refractivity contribution in [1.29, 1.82) is 0 Å². The van der Waals surface area contributed by atoms with E-state index in [4.69, 9.17) is 0 Å². The minimum Gasteiger partial charge on any atom is -0.0619 e. The molecule has 9 aromatic rings. The van der Waals surface area contributed by atoms with E-state index in [1.165, 1.54) is 110 Å². The SMILES string of the molecule is CC1(C)c2ccccc2-c2cc3c(cc21)C(C)(C)c1cc(-c2ccc(-c4c5ccccc5c(-c5ccc6ccccc6c5)c5ccccc45)cc2)ccc1-3. The van der Waals surface area contributed by atoms with Crippen molar-refractivity contribution in [3.8, 4) is 55.6 Å². The standard InChI is InChI=1S/C54H40/c1-53(2)47-20-12-11-15-39(47)45-31-46-40-28-27-37(30-48(40)54(3,4)50(46)32-49(45)53)34-21-24-35(25-22-34)51-41-16-7-9-18-43(41)52(44-19-10-8-17-42(44)51)38-26-23-33-13-5-6-14-36(33)29-38/h5-32H,1-4H3. The van der Waals surface area contributed by atoms with Gasteiger partial charge in [0, 0.05) is 10.8 Å². The molecule has 0 bridgehead atoms. The van der Waals surface area contributed by atoms with E-state index < -0.39 is 0 Å². The molecule has 54 heavy (non-hydrogen) atoms. The van der Waals surface area contributed by atoms with Crippen molar-refractivity contribution in [1.82, 2.24) is 0 Å². The van der Waals surface area contributed by atoms with E-state index >= 15 is 0 Å². The van der Waals surface area contributed by atoms with Crippen molar-refractivity contribution in [3.63, 3.8) is 0 Å². The molecule has 0 amide bonds. The molecule has 0 saturated heterocycles. The lowest BCUT2D eigenvalue weighted by molar-refractivity contribution is 0.639. The zero-order chi connectivity index (χ0) is 36.3. The summed E-state index contributed by atoms with van der Waals surface area (Å²) in [7, 11) is 0. The van der Waals surface area contributed by atoms with Crippen molar-refractivity contribution in [2.45, 2.75) is 38.5 Å². The van der Waals surface area contributed by atoms with Gasteiger partial charge in [-0.15, -0.1) is 0 Å². The number of rotatable bonds is 3. The summed E-state index contributed by atoms with van der Waals surface area (Å²) < 4.78 is 0. The zero-order valence-corrected chi connectivity index (χ0v) is 31.2. The average molecular weight is 689 g/mol. The van der Waals surface area contributed by atoms with Crippen LogP contribution in [-0.4, -0.2) is 0 Å². The fraction of sp³-hybridized carbons (Fsp3) is 0.111. The number of hydrogen-bond acceptors (Lipinski definition) is 0. The van der Waals surface area contributed by atoms with Crippen molar-refractivity contribution < 1.29 is 0 Å². The first-order valence-electron chi connectivity index (χ1n) is 19.3. The predicted molar refractivity (Wildman–Crippen MR) is 230 cm³/mol. The Balaban J connectivity index is 1.01. The van der Waals surface area contributed by atoms with Gasteiger partial charge in [-0.05, 0) is 128 Å². The second kappa shape index (κ2) is 11.1. The van der Waals surface area contributed by atoms with E-state index in [2.05, 4.69) is 198 Å². The minimum absolute atomic E-state index is 0.00781. The van der Waals surface area contributed by atoms with E-state index in [9.17, 15) is 0 Å². The number of benzene rings is 9. The molecule has 256 valence electrons. The Bertz CT molecular complexity index is 2970. The maximum atomic E-state index is 2.53. The van der Waals surface area contributed by atoms with Gasteiger partial charge in [-0.1, -0.05) is 179 Å². The molecule has 0 atom stereocenters. The van der Waals surface area contributed by atoms with Crippen LogP contribution in [0.1, 0.15) is 49.9 Å². The van der Waals surface area contributed by atoms with Crippen LogP contribution in [0.3, 0.4) is 0 Å². The van der Waals surface area contributed by atoms with Gasteiger partial charge in [0.25, 0.3) is 0 Å². The van der Waals surface area contributed by atoms with Crippen LogP contribution in [0, 0.1) is 0 Å². The third-order valence-corrected chi connectivity index (χ3v) is 12.9. The van der Waals surface area contributed by atoms with E-state index in [-0.39, 0.29) is 10.8 Å². The monoisotopic (exact) mass is 688 g/mol. The molecule has 0 N–H and O–H groups in total. The van der Waals surface area contributed by atoms with Gasteiger partial charge in [-0.25, -0.2) is 0 Å². The Labute approximate surface area is 317 Å². The van der Waals surface area contributed by atoms with Crippen molar-refractivity contribution in [2.75, 3.05) is 0 Å². The summed E-state index contributed by atoms with van der Waals surface area (Å²) in [4.78, 5) is 0. The number of fused-ring (bicyclic) bond motifs is 9. The summed E-state index contributed by atoms with van der Waals surface area (Å²) in [5, 5.41) is 7.65. The molecule has 2 aliphatic rings.